The number of hydrogen-bond acceptors (Lipinski definition) is 3. The molecule has 2 aliphatic carbocycles. The highest BCUT2D eigenvalue weighted by Crippen LogP contribution is 2.66. The van der Waals surface area contributed by atoms with E-state index in [1.165, 1.54) is 25.7 Å². The van der Waals surface area contributed by atoms with Crippen LogP contribution in [0.3, 0.4) is 0 Å². The molecule has 0 radical (unpaired) electrons. The van der Waals surface area contributed by atoms with Crippen molar-refractivity contribution in [2.45, 2.75) is 104 Å². The van der Waals surface area contributed by atoms with Crippen molar-refractivity contribution in [3.05, 3.63) is 40.6 Å². The van der Waals surface area contributed by atoms with E-state index in [2.05, 4.69) is 19.2 Å². The Morgan fingerprint density at radius 3 is 1.94 bits per heavy atom. The highest BCUT2D eigenvalue weighted by molar-refractivity contribution is 5.93. The van der Waals surface area contributed by atoms with Gasteiger partial charge in [0, 0.05) is 24.1 Å². The van der Waals surface area contributed by atoms with Gasteiger partial charge < -0.3 is 10.1 Å². The second kappa shape index (κ2) is 12.7. The summed E-state index contributed by atoms with van der Waals surface area (Å²) in [7, 11) is 0. The maximum absolute atomic E-state index is 13.9. The molecule has 2 aliphatic rings. The fourth-order valence-corrected chi connectivity index (χ4v) is 4.99. The Morgan fingerprint density at radius 1 is 0.861 bits per heavy atom. The molecule has 1 fully saturated rings. The van der Waals surface area contributed by atoms with Crippen molar-refractivity contribution in [2.75, 3.05) is 0 Å². The largest absolute Gasteiger partial charge is 0.419 e. The van der Waals surface area contributed by atoms with E-state index in [4.69, 9.17) is 4.74 Å². The van der Waals surface area contributed by atoms with Crippen LogP contribution in [0, 0.1) is 34.6 Å². The van der Waals surface area contributed by atoms with Gasteiger partial charge in [0.2, 0.25) is 23.3 Å². The summed E-state index contributed by atoms with van der Waals surface area (Å²) in [4.78, 5) is 25.6. The number of fused-ring (bicyclic) bond motifs is 1. The molecule has 0 spiro atoms. The molecule has 3 rings (SSSR count). The number of carbonyl (C=O) groups is 2. The van der Waals surface area contributed by atoms with Crippen molar-refractivity contribution >= 4 is 11.9 Å². The van der Waals surface area contributed by atoms with Crippen molar-refractivity contribution in [1.82, 2.24) is 5.32 Å². The van der Waals surface area contributed by atoms with Crippen LogP contribution in [0.4, 0.5) is 17.6 Å². The maximum Gasteiger partial charge on any atom is 0.322 e. The van der Waals surface area contributed by atoms with Crippen molar-refractivity contribution in [1.29, 1.82) is 0 Å². The summed E-state index contributed by atoms with van der Waals surface area (Å²) in [5, 5.41) is 2.96. The fraction of sp³-hybridized carbons (Fsp3) is 0.643. The molecule has 200 valence electrons. The number of amides is 1. The molecule has 1 aromatic carbocycles. The van der Waals surface area contributed by atoms with Crippen LogP contribution in [0.25, 0.3) is 0 Å². The molecule has 0 bridgehead atoms. The summed E-state index contributed by atoms with van der Waals surface area (Å²) in [6.45, 7) is 4.32. The molecule has 1 amide bonds. The Hall–Kier alpha value is -2.38. The van der Waals surface area contributed by atoms with Gasteiger partial charge in [0.25, 0.3) is 0 Å². The Bertz CT molecular complexity index is 967. The van der Waals surface area contributed by atoms with E-state index in [-0.39, 0.29) is 24.3 Å². The number of nitrogens with one attached hydrogen (secondary N) is 1. The summed E-state index contributed by atoms with van der Waals surface area (Å²) in [6, 6.07) is 0.0591. The Morgan fingerprint density at radius 2 is 1.39 bits per heavy atom. The SMILES string of the molecule is CCCCCCCCC(CCCCCC)C(=O)NC1=C2CC2(C(=O)Oc2c(F)c(F)cc(F)c2F)C1. The number of rotatable bonds is 16. The molecule has 1 aromatic rings. The van der Waals surface area contributed by atoms with Crippen LogP contribution < -0.4 is 10.1 Å². The quantitative estimate of drug-likeness (QED) is 0.0815. The zero-order valence-electron chi connectivity index (χ0n) is 21.3. The minimum atomic E-state index is -1.75. The normalized spacial score (nSPS) is 18.9. The van der Waals surface area contributed by atoms with E-state index in [1.807, 2.05) is 0 Å². The van der Waals surface area contributed by atoms with Crippen LogP contribution >= 0.6 is 0 Å². The monoisotopic (exact) mass is 511 g/mol. The molecule has 4 nitrogen and oxygen atoms in total. The minimum absolute atomic E-state index is 0.0549. The van der Waals surface area contributed by atoms with Crippen LogP contribution in [0.5, 0.6) is 5.75 Å². The third-order valence-corrected chi connectivity index (χ3v) is 7.39. The first-order valence-corrected chi connectivity index (χ1v) is 13.3. The summed E-state index contributed by atoms with van der Waals surface area (Å²) < 4.78 is 59.3. The lowest BCUT2D eigenvalue weighted by atomic mass is 9.88. The standard InChI is InChI=1S/C28H37F4NO3/c1-3-5-7-9-10-12-14-18(13-11-8-6-4-2)26(34)33-22-17-28(16-19(22)28)27(35)36-25-23(31)20(29)15-21(30)24(25)32/h15,18H,3-14,16-17H2,1-2H3,(H,33,34). The van der Waals surface area contributed by atoms with Crippen molar-refractivity contribution in [3.8, 4) is 5.75 Å². The van der Waals surface area contributed by atoms with Gasteiger partial charge in [-0.15, -0.1) is 0 Å². The molecule has 2 unspecified atom stereocenters. The third-order valence-electron chi connectivity index (χ3n) is 7.39. The van der Waals surface area contributed by atoms with Gasteiger partial charge in [0.1, 0.15) is 5.41 Å². The van der Waals surface area contributed by atoms with Gasteiger partial charge in [-0.25, -0.2) is 8.78 Å². The van der Waals surface area contributed by atoms with Crippen LogP contribution in [0.2, 0.25) is 0 Å². The zero-order chi connectivity index (χ0) is 26.3. The predicted octanol–water partition coefficient (Wildman–Crippen LogP) is 7.65. The van der Waals surface area contributed by atoms with Gasteiger partial charge in [-0.2, -0.15) is 8.78 Å². The first-order valence-electron chi connectivity index (χ1n) is 13.3. The van der Waals surface area contributed by atoms with Gasteiger partial charge >= 0.3 is 5.97 Å². The van der Waals surface area contributed by atoms with Gasteiger partial charge in [0.15, 0.2) is 11.6 Å². The molecule has 1 saturated carbocycles. The second-order valence-corrected chi connectivity index (χ2v) is 10.2. The van der Waals surface area contributed by atoms with E-state index in [9.17, 15) is 27.2 Å². The van der Waals surface area contributed by atoms with Crippen molar-refractivity contribution < 1.29 is 31.9 Å². The van der Waals surface area contributed by atoms with E-state index < -0.39 is 40.4 Å². The number of unbranched alkanes of at least 4 members (excludes halogenated alkanes) is 8. The van der Waals surface area contributed by atoms with Crippen molar-refractivity contribution in [3.63, 3.8) is 0 Å². The van der Waals surface area contributed by atoms with E-state index in [0.717, 1.165) is 51.4 Å². The van der Waals surface area contributed by atoms with Gasteiger partial charge in [-0.3, -0.25) is 9.59 Å². The maximum atomic E-state index is 13.9. The van der Waals surface area contributed by atoms with Gasteiger partial charge in [0.05, 0.1) is 0 Å². The van der Waals surface area contributed by atoms with Crippen LogP contribution in [0.15, 0.2) is 17.3 Å². The van der Waals surface area contributed by atoms with Crippen LogP contribution in [-0.4, -0.2) is 11.9 Å². The average molecular weight is 512 g/mol. The number of carbonyl (C=O) groups excluding carboxylic acids is 2. The van der Waals surface area contributed by atoms with Gasteiger partial charge in [-0.05, 0) is 24.8 Å². The topological polar surface area (TPSA) is 55.4 Å². The van der Waals surface area contributed by atoms with Gasteiger partial charge in [-0.1, -0.05) is 78.1 Å². The van der Waals surface area contributed by atoms with E-state index in [0.29, 0.717) is 17.7 Å². The lowest BCUT2D eigenvalue weighted by molar-refractivity contribution is -0.141. The summed E-state index contributed by atoms with van der Waals surface area (Å²) in [5.74, 6) is -9.28. The number of hydrogen-bond donors (Lipinski definition) is 1. The first kappa shape index (κ1) is 28.2. The van der Waals surface area contributed by atoms with Crippen LogP contribution in [-0.2, 0) is 9.59 Å². The Kier molecular flexibility index (Phi) is 9.97. The van der Waals surface area contributed by atoms with Crippen molar-refractivity contribution in [2.24, 2.45) is 11.3 Å². The molecular weight excluding hydrogens is 474 g/mol. The highest BCUT2D eigenvalue weighted by atomic mass is 19.2. The number of ether oxygens (including phenoxy) is 1. The molecule has 1 N–H and O–H groups in total. The molecule has 0 saturated heterocycles. The van der Waals surface area contributed by atoms with Crippen LogP contribution in [0.1, 0.15) is 104 Å². The second-order valence-electron chi connectivity index (χ2n) is 10.2. The van der Waals surface area contributed by atoms with E-state index >= 15 is 0 Å². The molecule has 36 heavy (non-hydrogen) atoms. The molecular formula is C28H37F4NO3. The molecule has 0 aliphatic heterocycles. The number of esters is 1. The third kappa shape index (κ3) is 6.48. The smallest absolute Gasteiger partial charge is 0.322 e. The predicted molar refractivity (Wildman–Crippen MR) is 129 cm³/mol. The molecule has 0 aromatic heterocycles. The molecule has 2 atom stereocenters. The lowest BCUT2D eigenvalue weighted by Crippen LogP contribution is -2.37. The Labute approximate surface area is 210 Å². The summed E-state index contributed by atoms with van der Waals surface area (Å²) in [6.07, 6.45) is 13.4. The number of halogens is 4. The summed E-state index contributed by atoms with van der Waals surface area (Å²) >= 11 is 0. The summed E-state index contributed by atoms with van der Waals surface area (Å²) in [5.41, 5.74) is 0.230. The fourth-order valence-electron chi connectivity index (χ4n) is 4.99. The highest BCUT2D eigenvalue weighted by Gasteiger charge is 2.65. The lowest BCUT2D eigenvalue weighted by Gasteiger charge is -2.26. The average Bonchev–Trinajstić information content (AvgIpc) is 3.47. The molecule has 0 heterocycles. The number of allylic oxidation sites excluding steroid dienone is 1. The first-order chi connectivity index (χ1) is 17.2. The zero-order valence-corrected chi connectivity index (χ0v) is 21.3. The van der Waals surface area contributed by atoms with E-state index in [1.54, 1.807) is 0 Å². The minimum Gasteiger partial charge on any atom is -0.419 e. The Balaban J connectivity index is 1.56. The number of benzene rings is 1. The molecule has 8 heteroatoms.